The molecule has 1 fully saturated rings. The smallest absolute Gasteiger partial charge is 0.326 e. The van der Waals surface area contributed by atoms with E-state index < -0.39 is 29.7 Å². The van der Waals surface area contributed by atoms with Gasteiger partial charge in [-0.3, -0.25) is 9.59 Å². The molecule has 0 radical (unpaired) electrons. The number of fused-ring (bicyclic) bond motifs is 3. The van der Waals surface area contributed by atoms with Crippen LogP contribution in [0.15, 0.2) is 42.5 Å². The molecule has 1 heterocycles. The zero-order valence-electron chi connectivity index (χ0n) is 16.2. The van der Waals surface area contributed by atoms with Gasteiger partial charge >= 0.3 is 5.97 Å². The van der Waals surface area contributed by atoms with E-state index in [-0.39, 0.29) is 34.7 Å². The number of carboxylic acid groups (broad SMARTS) is 1. The second-order valence-corrected chi connectivity index (χ2v) is 7.80. The van der Waals surface area contributed by atoms with Crippen molar-refractivity contribution < 1.29 is 28.3 Å². The molecular weight excluding hydrogens is 394 g/mol. The Morgan fingerprint density at radius 3 is 2.57 bits per heavy atom. The molecule has 8 heteroatoms. The second kappa shape index (κ2) is 7.19. The van der Waals surface area contributed by atoms with Gasteiger partial charge in [0.2, 0.25) is 5.91 Å². The summed E-state index contributed by atoms with van der Waals surface area (Å²) in [5, 5.41) is 11.8. The summed E-state index contributed by atoms with van der Waals surface area (Å²) in [4.78, 5) is 37.6. The molecule has 2 amide bonds. The van der Waals surface area contributed by atoms with E-state index in [1.165, 1.54) is 29.2 Å². The lowest BCUT2D eigenvalue weighted by molar-refractivity contribution is -0.147. The Bertz CT molecular complexity index is 1050. The predicted octanol–water partition coefficient (Wildman–Crippen LogP) is 2.86. The number of hydrogen-bond donors (Lipinski definition) is 2. The molecule has 1 aliphatic heterocycles. The van der Waals surface area contributed by atoms with Crippen LogP contribution in [0.25, 0.3) is 11.1 Å². The third-order valence-corrected chi connectivity index (χ3v) is 5.69. The Morgan fingerprint density at radius 2 is 1.83 bits per heavy atom. The SMILES string of the molecule is C[C@@H]1C[C@@H](C(=O)O)N(C(=O)CNC(=O)c2ccc3c(c2)-c2ccccc2C3(F)F)C1. The largest absolute Gasteiger partial charge is 0.480 e. The van der Waals surface area contributed by atoms with E-state index in [1.807, 2.05) is 6.92 Å². The standard InChI is InChI=1S/C22H20F2N2O4/c1-12-8-18(21(29)30)26(11-12)19(27)10-25-20(28)13-6-7-17-15(9-13)14-4-2-3-5-16(14)22(17,23)24/h2-7,9,12,18H,8,10-11H2,1H3,(H,25,28)(H,29,30)/t12-,18+/m1/s1. The highest BCUT2D eigenvalue weighted by Gasteiger charge is 2.44. The average Bonchev–Trinajstić information content (AvgIpc) is 3.22. The van der Waals surface area contributed by atoms with Gasteiger partial charge in [0.25, 0.3) is 11.8 Å². The number of amides is 2. The highest BCUT2D eigenvalue weighted by atomic mass is 19.3. The fraction of sp³-hybridized carbons (Fsp3) is 0.318. The number of carbonyl (C=O) groups excluding carboxylic acids is 2. The van der Waals surface area contributed by atoms with Crippen molar-refractivity contribution in [2.75, 3.05) is 13.1 Å². The third kappa shape index (κ3) is 3.22. The fourth-order valence-electron chi connectivity index (χ4n) is 4.23. The predicted molar refractivity (Wildman–Crippen MR) is 104 cm³/mol. The molecule has 0 bridgehead atoms. The second-order valence-electron chi connectivity index (χ2n) is 7.80. The number of hydrogen-bond acceptors (Lipinski definition) is 3. The van der Waals surface area contributed by atoms with Gasteiger partial charge in [-0.25, -0.2) is 4.79 Å². The molecule has 4 rings (SSSR count). The summed E-state index contributed by atoms with van der Waals surface area (Å²) in [6.45, 7) is 1.81. The van der Waals surface area contributed by atoms with E-state index in [0.717, 1.165) is 0 Å². The zero-order valence-corrected chi connectivity index (χ0v) is 16.2. The van der Waals surface area contributed by atoms with Crippen LogP contribution in [0.5, 0.6) is 0 Å². The minimum absolute atomic E-state index is 0.0594. The lowest BCUT2D eigenvalue weighted by Gasteiger charge is -2.21. The van der Waals surface area contributed by atoms with Crippen LogP contribution >= 0.6 is 0 Å². The van der Waals surface area contributed by atoms with Crippen LogP contribution in [0.1, 0.15) is 34.8 Å². The van der Waals surface area contributed by atoms with Crippen LogP contribution in [0.4, 0.5) is 8.78 Å². The summed E-state index contributed by atoms with van der Waals surface area (Å²) in [6.07, 6.45) is 0.369. The van der Waals surface area contributed by atoms with E-state index in [1.54, 1.807) is 18.2 Å². The van der Waals surface area contributed by atoms with E-state index in [0.29, 0.717) is 18.5 Å². The Morgan fingerprint density at radius 1 is 1.13 bits per heavy atom. The third-order valence-electron chi connectivity index (χ3n) is 5.69. The first-order valence-electron chi connectivity index (χ1n) is 9.63. The maximum absolute atomic E-state index is 14.6. The lowest BCUT2D eigenvalue weighted by Crippen LogP contribution is -2.45. The highest BCUT2D eigenvalue weighted by Crippen LogP contribution is 2.50. The van der Waals surface area contributed by atoms with Gasteiger partial charge in [0, 0.05) is 23.2 Å². The molecule has 0 aromatic heterocycles. The summed E-state index contributed by atoms with van der Waals surface area (Å²) in [7, 11) is 0. The molecule has 0 unspecified atom stereocenters. The maximum Gasteiger partial charge on any atom is 0.326 e. The van der Waals surface area contributed by atoms with Crippen molar-refractivity contribution in [1.82, 2.24) is 10.2 Å². The molecule has 2 aromatic rings. The number of benzene rings is 2. The quantitative estimate of drug-likeness (QED) is 0.806. The van der Waals surface area contributed by atoms with Gasteiger partial charge in [0.05, 0.1) is 6.54 Å². The number of likely N-dealkylation sites (tertiary alicyclic amines) is 1. The van der Waals surface area contributed by atoms with Gasteiger partial charge in [-0.05, 0) is 35.6 Å². The van der Waals surface area contributed by atoms with Crippen molar-refractivity contribution in [1.29, 1.82) is 0 Å². The first-order valence-corrected chi connectivity index (χ1v) is 9.63. The van der Waals surface area contributed by atoms with Crippen molar-refractivity contribution in [3.05, 3.63) is 59.2 Å². The van der Waals surface area contributed by atoms with Crippen LogP contribution in [0.3, 0.4) is 0 Å². The first kappa shape index (κ1) is 20.0. The van der Waals surface area contributed by atoms with Crippen LogP contribution in [0.2, 0.25) is 0 Å². The van der Waals surface area contributed by atoms with Gasteiger partial charge in [-0.15, -0.1) is 0 Å². The summed E-state index contributed by atoms with van der Waals surface area (Å²) in [5.74, 6) is -5.22. The normalized spacial score (nSPS) is 21.1. The molecule has 2 atom stereocenters. The van der Waals surface area contributed by atoms with Crippen molar-refractivity contribution in [3.63, 3.8) is 0 Å². The van der Waals surface area contributed by atoms with Crippen LogP contribution in [0, 0.1) is 5.92 Å². The van der Waals surface area contributed by atoms with Gasteiger partial charge in [-0.2, -0.15) is 8.78 Å². The van der Waals surface area contributed by atoms with E-state index in [9.17, 15) is 28.3 Å². The van der Waals surface area contributed by atoms with Gasteiger partial charge in [0.1, 0.15) is 6.04 Å². The molecule has 1 saturated heterocycles. The average molecular weight is 414 g/mol. The molecule has 30 heavy (non-hydrogen) atoms. The molecule has 0 spiro atoms. The van der Waals surface area contributed by atoms with Gasteiger partial charge < -0.3 is 15.3 Å². The molecule has 156 valence electrons. The topological polar surface area (TPSA) is 86.7 Å². The Balaban J connectivity index is 1.50. The Labute approximate surface area is 171 Å². The number of carboxylic acids is 1. The van der Waals surface area contributed by atoms with Crippen LogP contribution in [-0.2, 0) is 15.5 Å². The van der Waals surface area contributed by atoms with Gasteiger partial charge in [-0.1, -0.05) is 37.3 Å². The summed E-state index contributed by atoms with van der Waals surface area (Å²) >= 11 is 0. The monoisotopic (exact) mass is 414 g/mol. The number of carbonyl (C=O) groups is 3. The number of aliphatic carboxylic acids is 1. The minimum atomic E-state index is -3.13. The number of nitrogens with zero attached hydrogens (tertiary/aromatic N) is 1. The Hall–Kier alpha value is -3.29. The van der Waals surface area contributed by atoms with Crippen LogP contribution in [-0.4, -0.2) is 46.9 Å². The van der Waals surface area contributed by atoms with E-state index in [4.69, 9.17) is 0 Å². The maximum atomic E-state index is 14.6. The van der Waals surface area contributed by atoms with E-state index >= 15 is 0 Å². The van der Waals surface area contributed by atoms with Crippen molar-refractivity contribution in [3.8, 4) is 11.1 Å². The van der Waals surface area contributed by atoms with Crippen LogP contribution < -0.4 is 5.32 Å². The summed E-state index contributed by atoms with van der Waals surface area (Å²) in [6, 6.07) is 9.18. The summed E-state index contributed by atoms with van der Waals surface area (Å²) < 4.78 is 29.2. The lowest BCUT2D eigenvalue weighted by atomic mass is 10.0. The highest BCUT2D eigenvalue weighted by molar-refractivity contribution is 5.99. The van der Waals surface area contributed by atoms with Crippen molar-refractivity contribution >= 4 is 17.8 Å². The number of alkyl halides is 2. The first-order chi connectivity index (χ1) is 14.2. The molecule has 0 saturated carbocycles. The zero-order chi connectivity index (χ0) is 21.6. The number of nitrogens with one attached hydrogen (secondary N) is 1. The van der Waals surface area contributed by atoms with Crippen molar-refractivity contribution in [2.24, 2.45) is 5.92 Å². The number of halogens is 2. The van der Waals surface area contributed by atoms with E-state index in [2.05, 4.69) is 5.32 Å². The molecule has 2 N–H and O–H groups in total. The molecule has 1 aliphatic carbocycles. The fourth-order valence-corrected chi connectivity index (χ4v) is 4.23. The van der Waals surface area contributed by atoms with Gasteiger partial charge in [0.15, 0.2) is 0 Å². The molecule has 6 nitrogen and oxygen atoms in total. The Kier molecular flexibility index (Phi) is 4.80. The number of rotatable bonds is 4. The molecular formula is C22H20F2N2O4. The molecule has 2 aromatic carbocycles. The van der Waals surface area contributed by atoms with Crippen molar-refractivity contribution in [2.45, 2.75) is 25.3 Å². The summed E-state index contributed by atoms with van der Waals surface area (Å²) in [5.41, 5.74) is 0.549. The minimum Gasteiger partial charge on any atom is -0.480 e. The molecule has 2 aliphatic rings.